The van der Waals surface area contributed by atoms with Gasteiger partial charge in [0, 0.05) is 5.75 Å². The van der Waals surface area contributed by atoms with Crippen LogP contribution in [-0.4, -0.2) is 16.9 Å². The van der Waals surface area contributed by atoms with Crippen LogP contribution in [0.2, 0.25) is 0 Å². The van der Waals surface area contributed by atoms with Crippen molar-refractivity contribution >= 4 is 12.0 Å². The highest BCUT2D eigenvalue weighted by Crippen LogP contribution is 2.29. The Hall–Kier alpha value is -1.02. The van der Waals surface area contributed by atoms with E-state index >= 15 is 0 Å². The van der Waals surface area contributed by atoms with Crippen LogP contribution in [0.1, 0.15) is 57.8 Å². The standard InChI is InChI=1S/C17H23F5O2S/c18-12-13(19)15(21)17(16(22)14(12)20)24-10-8-6-4-2-1-3-5-7-9-11-25-23/h23H,1-11H2. The largest absolute Gasteiger partial charge is 0.487 e. The van der Waals surface area contributed by atoms with Crippen LogP contribution in [0, 0.1) is 29.1 Å². The third kappa shape index (κ3) is 7.40. The molecule has 0 aromatic heterocycles. The Kier molecular flexibility index (Phi) is 10.9. The maximum absolute atomic E-state index is 13.4. The highest BCUT2D eigenvalue weighted by atomic mass is 32.2. The van der Waals surface area contributed by atoms with E-state index in [1.54, 1.807) is 0 Å². The van der Waals surface area contributed by atoms with Crippen LogP contribution < -0.4 is 4.74 Å². The zero-order chi connectivity index (χ0) is 18.7. The van der Waals surface area contributed by atoms with E-state index in [1.165, 1.54) is 0 Å². The Bertz CT molecular complexity index is 499. The van der Waals surface area contributed by atoms with Crippen LogP contribution in [-0.2, 0) is 0 Å². The fraction of sp³-hybridized carbons (Fsp3) is 0.647. The van der Waals surface area contributed by atoms with Gasteiger partial charge < -0.3 is 9.29 Å². The molecule has 1 N–H and O–H groups in total. The Balaban J connectivity index is 2.15. The van der Waals surface area contributed by atoms with E-state index in [2.05, 4.69) is 0 Å². The molecule has 25 heavy (non-hydrogen) atoms. The molecule has 8 heteroatoms. The summed E-state index contributed by atoms with van der Waals surface area (Å²) in [6, 6.07) is 0. The molecule has 0 aliphatic heterocycles. The molecular weight excluding hydrogens is 363 g/mol. The first kappa shape index (κ1) is 22.0. The van der Waals surface area contributed by atoms with Crippen molar-refractivity contribution in [2.75, 3.05) is 12.4 Å². The Morgan fingerprint density at radius 3 is 1.48 bits per heavy atom. The van der Waals surface area contributed by atoms with Crippen LogP contribution in [0.3, 0.4) is 0 Å². The van der Waals surface area contributed by atoms with Gasteiger partial charge in [0.2, 0.25) is 29.1 Å². The predicted molar refractivity (Wildman–Crippen MR) is 88.4 cm³/mol. The van der Waals surface area contributed by atoms with E-state index in [9.17, 15) is 22.0 Å². The summed E-state index contributed by atoms with van der Waals surface area (Å²) in [5, 5.41) is 0. The van der Waals surface area contributed by atoms with Gasteiger partial charge in [-0.3, -0.25) is 0 Å². The number of ether oxygens (including phenoxy) is 1. The third-order valence-electron chi connectivity index (χ3n) is 3.80. The minimum absolute atomic E-state index is 0.100. The van der Waals surface area contributed by atoms with Gasteiger partial charge in [-0.05, 0) is 24.9 Å². The molecule has 0 atom stereocenters. The summed E-state index contributed by atoms with van der Waals surface area (Å²) in [6.45, 7) is -0.100. The number of rotatable bonds is 13. The minimum Gasteiger partial charge on any atom is -0.487 e. The lowest BCUT2D eigenvalue weighted by atomic mass is 10.1. The molecule has 0 bridgehead atoms. The SMILES string of the molecule is OSCCCCCCCCCCCOc1c(F)c(F)c(F)c(F)c1F. The van der Waals surface area contributed by atoms with E-state index in [4.69, 9.17) is 9.29 Å². The molecule has 0 fully saturated rings. The molecule has 0 radical (unpaired) electrons. The average molecular weight is 386 g/mol. The Morgan fingerprint density at radius 1 is 0.600 bits per heavy atom. The molecule has 0 aliphatic rings. The van der Waals surface area contributed by atoms with Crippen molar-refractivity contribution in [3.63, 3.8) is 0 Å². The van der Waals surface area contributed by atoms with Crippen LogP contribution in [0.25, 0.3) is 0 Å². The quantitative estimate of drug-likeness (QED) is 0.138. The topological polar surface area (TPSA) is 29.5 Å². The lowest BCUT2D eigenvalue weighted by Gasteiger charge is -2.10. The number of hydrogen-bond acceptors (Lipinski definition) is 3. The molecule has 0 heterocycles. The second-order valence-corrected chi connectivity index (χ2v) is 6.43. The van der Waals surface area contributed by atoms with E-state index < -0.39 is 34.8 Å². The van der Waals surface area contributed by atoms with Gasteiger partial charge in [0.1, 0.15) is 0 Å². The maximum Gasteiger partial charge on any atom is 0.206 e. The van der Waals surface area contributed by atoms with Gasteiger partial charge in [-0.2, -0.15) is 8.78 Å². The monoisotopic (exact) mass is 386 g/mol. The second kappa shape index (κ2) is 12.4. The second-order valence-electron chi connectivity index (χ2n) is 5.76. The van der Waals surface area contributed by atoms with Crippen LogP contribution in [0.15, 0.2) is 0 Å². The summed E-state index contributed by atoms with van der Waals surface area (Å²) in [5.74, 6) is -10.5. The highest BCUT2D eigenvalue weighted by Gasteiger charge is 2.26. The fourth-order valence-corrected chi connectivity index (χ4v) is 2.73. The smallest absolute Gasteiger partial charge is 0.206 e. The van der Waals surface area contributed by atoms with Gasteiger partial charge in [0.15, 0.2) is 5.75 Å². The van der Waals surface area contributed by atoms with E-state index in [1.807, 2.05) is 0 Å². The summed E-state index contributed by atoms with van der Waals surface area (Å²) in [7, 11) is 0. The van der Waals surface area contributed by atoms with Crippen LogP contribution >= 0.6 is 12.0 Å². The first-order chi connectivity index (χ1) is 12.0. The van der Waals surface area contributed by atoms with Crippen molar-refractivity contribution in [3.05, 3.63) is 29.1 Å². The normalized spacial score (nSPS) is 11.1. The summed E-state index contributed by atoms with van der Waals surface area (Å²) < 4.78 is 78.9. The summed E-state index contributed by atoms with van der Waals surface area (Å²) >= 11 is 0.864. The summed E-state index contributed by atoms with van der Waals surface area (Å²) in [5.41, 5.74) is 0. The van der Waals surface area contributed by atoms with Crippen molar-refractivity contribution in [2.24, 2.45) is 0 Å². The first-order valence-corrected chi connectivity index (χ1v) is 9.35. The molecule has 1 aromatic carbocycles. The molecule has 144 valence electrons. The molecule has 1 aromatic rings. The van der Waals surface area contributed by atoms with Gasteiger partial charge >= 0.3 is 0 Å². The lowest BCUT2D eigenvalue weighted by Crippen LogP contribution is -2.08. The third-order valence-corrected chi connectivity index (χ3v) is 4.27. The zero-order valence-electron chi connectivity index (χ0n) is 13.9. The molecule has 1 rings (SSSR count). The summed E-state index contributed by atoms with van der Waals surface area (Å²) in [4.78, 5) is 0. The first-order valence-electron chi connectivity index (χ1n) is 8.41. The molecule has 0 saturated carbocycles. The number of unbranched alkanes of at least 4 members (excludes halogenated alkanes) is 8. The Morgan fingerprint density at radius 2 is 1.00 bits per heavy atom. The number of benzene rings is 1. The number of hydrogen-bond donors (Lipinski definition) is 1. The van der Waals surface area contributed by atoms with Gasteiger partial charge in [-0.25, -0.2) is 13.2 Å². The maximum atomic E-state index is 13.4. The molecule has 0 unspecified atom stereocenters. The molecule has 0 amide bonds. The van der Waals surface area contributed by atoms with Crippen molar-refractivity contribution in [3.8, 4) is 5.75 Å². The van der Waals surface area contributed by atoms with Gasteiger partial charge in [0.05, 0.1) is 6.61 Å². The fourth-order valence-electron chi connectivity index (χ4n) is 2.39. The molecular formula is C17H23F5O2S. The van der Waals surface area contributed by atoms with E-state index in [0.717, 1.165) is 69.2 Å². The van der Waals surface area contributed by atoms with Gasteiger partial charge in [0.25, 0.3) is 0 Å². The van der Waals surface area contributed by atoms with E-state index in [-0.39, 0.29) is 6.61 Å². The van der Waals surface area contributed by atoms with Gasteiger partial charge in [-0.1, -0.05) is 44.9 Å². The summed E-state index contributed by atoms with van der Waals surface area (Å²) in [6.07, 6.45) is 8.64. The zero-order valence-corrected chi connectivity index (χ0v) is 14.7. The van der Waals surface area contributed by atoms with E-state index in [0.29, 0.717) is 6.42 Å². The van der Waals surface area contributed by atoms with Crippen molar-refractivity contribution in [1.82, 2.24) is 0 Å². The highest BCUT2D eigenvalue weighted by molar-refractivity contribution is 7.93. The van der Waals surface area contributed by atoms with Crippen LogP contribution in [0.4, 0.5) is 22.0 Å². The van der Waals surface area contributed by atoms with Crippen LogP contribution in [0.5, 0.6) is 5.75 Å². The predicted octanol–water partition coefficient (Wildman–Crippen LogP) is 6.48. The van der Waals surface area contributed by atoms with Crippen molar-refractivity contribution < 1.29 is 31.2 Å². The molecule has 0 saturated heterocycles. The molecule has 2 nitrogen and oxygen atoms in total. The molecule has 0 spiro atoms. The average Bonchev–Trinajstić information content (AvgIpc) is 2.61. The molecule has 0 aliphatic carbocycles. The lowest BCUT2D eigenvalue weighted by molar-refractivity contribution is 0.255. The van der Waals surface area contributed by atoms with Crippen molar-refractivity contribution in [1.29, 1.82) is 0 Å². The Labute approximate surface area is 149 Å². The minimum atomic E-state index is -2.18. The van der Waals surface area contributed by atoms with Crippen molar-refractivity contribution in [2.45, 2.75) is 57.8 Å². The van der Waals surface area contributed by atoms with Gasteiger partial charge in [-0.15, -0.1) is 0 Å². The number of halogens is 5.